The van der Waals surface area contributed by atoms with Crippen molar-refractivity contribution in [3.63, 3.8) is 0 Å². The molecule has 2 aromatic carbocycles. The second kappa shape index (κ2) is 12.8. The van der Waals surface area contributed by atoms with E-state index in [4.69, 9.17) is 14.2 Å². The molecule has 0 aliphatic carbocycles. The number of amides is 1. The number of Topliss-reactive ketones (excluding diaryl/α,β-unsaturated/α-hetero) is 1. The maximum Gasteiger partial charge on any atom is 0.295 e. The van der Waals surface area contributed by atoms with Gasteiger partial charge in [0.1, 0.15) is 23.9 Å². The van der Waals surface area contributed by atoms with Crippen LogP contribution in [0.25, 0.3) is 5.76 Å². The molecule has 2 aliphatic rings. The van der Waals surface area contributed by atoms with Crippen LogP contribution >= 0.6 is 0 Å². The fourth-order valence-electron chi connectivity index (χ4n) is 4.95. The Hall–Kier alpha value is -3.62. The van der Waals surface area contributed by atoms with Crippen molar-refractivity contribution in [1.82, 2.24) is 9.80 Å². The third kappa shape index (κ3) is 6.09. The summed E-state index contributed by atoms with van der Waals surface area (Å²) in [6.45, 7) is 12.6. The van der Waals surface area contributed by atoms with Crippen molar-refractivity contribution in [2.75, 3.05) is 52.6 Å². The van der Waals surface area contributed by atoms with E-state index in [1.807, 2.05) is 32.0 Å². The SMILES string of the molecule is C=CCOc1ccc(C2/C(=C(/O)c3ccc(OCC)cc3C)C(=O)C(=O)N2CCCN2CCOCC2)cc1. The third-order valence-electron chi connectivity index (χ3n) is 6.84. The van der Waals surface area contributed by atoms with Crippen LogP contribution in [0.4, 0.5) is 0 Å². The number of aliphatic hydroxyl groups excluding tert-OH is 1. The average Bonchev–Trinajstić information content (AvgIpc) is 3.18. The summed E-state index contributed by atoms with van der Waals surface area (Å²) in [5, 5.41) is 11.4. The number of ketones is 1. The highest BCUT2D eigenvalue weighted by Gasteiger charge is 2.46. The van der Waals surface area contributed by atoms with Crippen LogP contribution in [0.15, 0.2) is 60.7 Å². The first-order valence-corrected chi connectivity index (χ1v) is 13.1. The monoisotopic (exact) mass is 520 g/mol. The highest BCUT2D eigenvalue weighted by Crippen LogP contribution is 2.40. The molecule has 0 radical (unpaired) electrons. The van der Waals surface area contributed by atoms with E-state index in [0.29, 0.717) is 56.5 Å². The molecule has 1 unspecified atom stereocenters. The van der Waals surface area contributed by atoms with Crippen LogP contribution < -0.4 is 9.47 Å². The van der Waals surface area contributed by atoms with Gasteiger partial charge in [-0.25, -0.2) is 0 Å². The highest BCUT2D eigenvalue weighted by atomic mass is 16.5. The first-order valence-electron chi connectivity index (χ1n) is 13.1. The number of hydrogen-bond donors (Lipinski definition) is 1. The van der Waals surface area contributed by atoms with Gasteiger partial charge in [0.25, 0.3) is 11.7 Å². The standard InChI is InChI=1S/C30H36N2O6/c1-4-17-38-23-9-7-22(8-10-23)27-26(28(33)25-12-11-24(37-5-2)20-21(25)3)29(34)30(35)32(27)14-6-13-31-15-18-36-19-16-31/h4,7-12,20,27,33H,1,5-6,13-19H2,2-3H3/b28-26-. The number of ether oxygens (including phenoxy) is 3. The van der Waals surface area contributed by atoms with E-state index in [-0.39, 0.29) is 11.3 Å². The molecule has 0 bridgehead atoms. The third-order valence-corrected chi connectivity index (χ3v) is 6.84. The molecule has 1 N–H and O–H groups in total. The van der Waals surface area contributed by atoms with Gasteiger partial charge < -0.3 is 24.2 Å². The number of likely N-dealkylation sites (tertiary alicyclic amines) is 1. The Morgan fingerprint density at radius 3 is 2.45 bits per heavy atom. The normalized spacial score (nSPS) is 19.5. The largest absolute Gasteiger partial charge is 0.507 e. The van der Waals surface area contributed by atoms with Gasteiger partial charge >= 0.3 is 0 Å². The lowest BCUT2D eigenvalue weighted by Gasteiger charge is -2.29. The highest BCUT2D eigenvalue weighted by molar-refractivity contribution is 6.46. The van der Waals surface area contributed by atoms with Crippen LogP contribution in [0.5, 0.6) is 11.5 Å². The second-order valence-corrected chi connectivity index (χ2v) is 9.38. The molecule has 8 heteroatoms. The molecule has 0 saturated carbocycles. The van der Waals surface area contributed by atoms with Crippen molar-refractivity contribution in [1.29, 1.82) is 0 Å². The minimum Gasteiger partial charge on any atom is -0.507 e. The lowest BCUT2D eigenvalue weighted by molar-refractivity contribution is -0.140. The molecule has 2 aliphatic heterocycles. The number of aliphatic hydroxyl groups is 1. The molecular weight excluding hydrogens is 484 g/mol. The Kier molecular flexibility index (Phi) is 9.20. The fraction of sp³-hybridized carbons (Fsp3) is 0.400. The van der Waals surface area contributed by atoms with Gasteiger partial charge in [-0.05, 0) is 61.7 Å². The van der Waals surface area contributed by atoms with Crippen LogP contribution in [0.1, 0.15) is 36.1 Å². The van der Waals surface area contributed by atoms with E-state index >= 15 is 0 Å². The Balaban J connectivity index is 1.68. The van der Waals surface area contributed by atoms with Gasteiger partial charge in [-0.3, -0.25) is 14.5 Å². The lowest BCUT2D eigenvalue weighted by atomic mass is 9.93. The summed E-state index contributed by atoms with van der Waals surface area (Å²) in [5.41, 5.74) is 2.06. The molecule has 1 atom stereocenters. The molecule has 0 spiro atoms. The summed E-state index contributed by atoms with van der Waals surface area (Å²) in [4.78, 5) is 30.5. The first-order chi connectivity index (χ1) is 18.4. The van der Waals surface area contributed by atoms with E-state index in [9.17, 15) is 14.7 Å². The molecule has 2 saturated heterocycles. The Labute approximate surface area is 224 Å². The minimum atomic E-state index is -0.709. The zero-order valence-corrected chi connectivity index (χ0v) is 22.2. The topological polar surface area (TPSA) is 88.5 Å². The Morgan fingerprint density at radius 1 is 1.08 bits per heavy atom. The van der Waals surface area contributed by atoms with Gasteiger partial charge in [-0.15, -0.1) is 0 Å². The molecule has 4 rings (SSSR count). The zero-order valence-electron chi connectivity index (χ0n) is 22.2. The van der Waals surface area contributed by atoms with Crippen molar-refractivity contribution in [2.24, 2.45) is 0 Å². The average molecular weight is 521 g/mol. The minimum absolute atomic E-state index is 0.0911. The number of carbonyl (C=O) groups is 2. The smallest absolute Gasteiger partial charge is 0.295 e. The van der Waals surface area contributed by atoms with Crippen molar-refractivity contribution in [3.8, 4) is 11.5 Å². The van der Waals surface area contributed by atoms with Crippen LogP contribution in [-0.4, -0.2) is 79.2 Å². The number of aryl methyl sites for hydroxylation is 1. The second-order valence-electron chi connectivity index (χ2n) is 9.38. The van der Waals surface area contributed by atoms with Gasteiger partial charge in [0.2, 0.25) is 0 Å². The van der Waals surface area contributed by atoms with Crippen LogP contribution in [-0.2, 0) is 14.3 Å². The van der Waals surface area contributed by atoms with Gasteiger partial charge in [0, 0.05) is 31.7 Å². The maximum absolute atomic E-state index is 13.4. The zero-order chi connectivity index (χ0) is 27.1. The van der Waals surface area contributed by atoms with E-state index in [1.165, 1.54) is 0 Å². The molecule has 0 aromatic heterocycles. The lowest BCUT2D eigenvalue weighted by Crippen LogP contribution is -2.38. The fourth-order valence-corrected chi connectivity index (χ4v) is 4.95. The van der Waals surface area contributed by atoms with Gasteiger partial charge in [0.15, 0.2) is 0 Å². The number of morpholine rings is 1. The van der Waals surface area contributed by atoms with E-state index in [2.05, 4.69) is 11.5 Å². The van der Waals surface area contributed by atoms with Crippen LogP contribution in [0.3, 0.4) is 0 Å². The van der Waals surface area contributed by atoms with Crippen LogP contribution in [0, 0.1) is 6.92 Å². The summed E-state index contributed by atoms with van der Waals surface area (Å²) >= 11 is 0. The summed E-state index contributed by atoms with van der Waals surface area (Å²) < 4.78 is 16.6. The maximum atomic E-state index is 13.4. The van der Waals surface area contributed by atoms with Crippen molar-refractivity contribution < 1.29 is 28.9 Å². The molecule has 1 amide bonds. The quantitative estimate of drug-likeness (QED) is 0.207. The van der Waals surface area contributed by atoms with Gasteiger partial charge in [-0.1, -0.05) is 24.8 Å². The molecular formula is C30H36N2O6. The summed E-state index contributed by atoms with van der Waals surface area (Å²) in [7, 11) is 0. The number of carbonyl (C=O) groups excluding carboxylic acids is 2. The van der Waals surface area contributed by atoms with E-state index in [1.54, 1.807) is 35.2 Å². The van der Waals surface area contributed by atoms with Gasteiger partial charge in [-0.2, -0.15) is 0 Å². The number of benzene rings is 2. The number of nitrogens with zero attached hydrogens (tertiary/aromatic N) is 2. The molecule has 2 heterocycles. The predicted octanol–water partition coefficient (Wildman–Crippen LogP) is 4.10. The molecule has 8 nitrogen and oxygen atoms in total. The number of hydrogen-bond acceptors (Lipinski definition) is 7. The molecule has 2 fully saturated rings. The number of rotatable bonds is 11. The summed E-state index contributed by atoms with van der Waals surface area (Å²) in [6, 6.07) is 11.9. The van der Waals surface area contributed by atoms with Crippen molar-refractivity contribution >= 4 is 17.4 Å². The summed E-state index contributed by atoms with van der Waals surface area (Å²) in [6.07, 6.45) is 2.36. The molecule has 38 heavy (non-hydrogen) atoms. The summed E-state index contributed by atoms with van der Waals surface area (Å²) in [5.74, 6) is -0.137. The molecule has 202 valence electrons. The van der Waals surface area contributed by atoms with Crippen molar-refractivity contribution in [3.05, 3.63) is 77.4 Å². The van der Waals surface area contributed by atoms with Crippen molar-refractivity contribution in [2.45, 2.75) is 26.3 Å². The van der Waals surface area contributed by atoms with Crippen LogP contribution in [0.2, 0.25) is 0 Å². The van der Waals surface area contributed by atoms with Gasteiger partial charge in [0.05, 0.1) is 31.4 Å². The molecule has 2 aromatic rings. The predicted molar refractivity (Wildman–Crippen MR) is 145 cm³/mol. The first kappa shape index (κ1) is 27.4. The Bertz CT molecular complexity index is 1180. The van der Waals surface area contributed by atoms with E-state index < -0.39 is 17.7 Å². The van der Waals surface area contributed by atoms with E-state index in [0.717, 1.165) is 30.8 Å². The Morgan fingerprint density at radius 2 is 1.79 bits per heavy atom.